The van der Waals surface area contributed by atoms with Gasteiger partial charge in [-0.2, -0.15) is 0 Å². The number of fused-ring (bicyclic) bond motifs is 3. The summed E-state index contributed by atoms with van der Waals surface area (Å²) in [5, 5.41) is 5.41. The maximum absolute atomic E-state index is 14.2. The second-order valence-electron chi connectivity index (χ2n) is 5.37. The summed E-state index contributed by atoms with van der Waals surface area (Å²) in [5.41, 5.74) is 2.52. The fourth-order valence-electron chi connectivity index (χ4n) is 3.17. The van der Waals surface area contributed by atoms with Crippen LogP contribution in [0.5, 0.6) is 0 Å². The van der Waals surface area contributed by atoms with Crippen LogP contribution >= 0.6 is 0 Å². The lowest BCUT2D eigenvalue weighted by atomic mass is 9.84. The van der Waals surface area contributed by atoms with E-state index >= 15 is 0 Å². The molecule has 2 heteroatoms. The predicted molar refractivity (Wildman–Crippen MR) is 77.9 cm³/mol. The minimum absolute atomic E-state index is 0.0838. The number of hydrogen-bond acceptors (Lipinski definition) is 1. The number of nitrogens with one attached hydrogen (secondary N) is 1. The normalized spacial score (nSPS) is 18.5. The Kier molecular flexibility index (Phi) is 3.52. The molecule has 1 nitrogen and oxygen atoms in total. The highest BCUT2D eigenvalue weighted by Crippen LogP contribution is 2.35. The first-order valence-corrected chi connectivity index (χ1v) is 7.24. The van der Waals surface area contributed by atoms with E-state index in [2.05, 4.69) is 18.3 Å². The first-order valence-electron chi connectivity index (χ1n) is 7.24. The molecule has 0 amide bonds. The molecular formula is C17H20FN. The third-order valence-corrected chi connectivity index (χ3v) is 4.08. The van der Waals surface area contributed by atoms with Crippen LogP contribution in [0.4, 0.5) is 4.39 Å². The number of aryl methyl sites for hydroxylation is 1. The van der Waals surface area contributed by atoms with Crippen molar-refractivity contribution in [3.05, 3.63) is 47.3 Å². The van der Waals surface area contributed by atoms with E-state index in [1.807, 2.05) is 18.2 Å². The Morgan fingerprint density at radius 3 is 2.84 bits per heavy atom. The number of benzene rings is 2. The predicted octanol–water partition coefficient (Wildman–Crippen LogP) is 4.36. The van der Waals surface area contributed by atoms with Crippen LogP contribution in [-0.2, 0) is 6.42 Å². The van der Waals surface area contributed by atoms with Crippen molar-refractivity contribution in [2.24, 2.45) is 0 Å². The highest BCUT2D eigenvalue weighted by Gasteiger charge is 2.22. The first-order chi connectivity index (χ1) is 9.31. The molecule has 1 aliphatic rings. The van der Waals surface area contributed by atoms with Crippen LogP contribution in [0.3, 0.4) is 0 Å². The Labute approximate surface area is 113 Å². The van der Waals surface area contributed by atoms with Gasteiger partial charge in [0.15, 0.2) is 0 Å². The summed E-state index contributed by atoms with van der Waals surface area (Å²) >= 11 is 0. The van der Waals surface area contributed by atoms with Gasteiger partial charge in [0.1, 0.15) is 5.82 Å². The molecule has 0 saturated heterocycles. The lowest BCUT2D eigenvalue weighted by Crippen LogP contribution is -2.26. The molecule has 100 valence electrons. The molecule has 0 bridgehead atoms. The van der Waals surface area contributed by atoms with Crippen molar-refractivity contribution < 1.29 is 4.39 Å². The van der Waals surface area contributed by atoms with E-state index < -0.39 is 0 Å². The van der Waals surface area contributed by atoms with Gasteiger partial charge in [-0.25, -0.2) is 4.39 Å². The van der Waals surface area contributed by atoms with Crippen LogP contribution in [0.15, 0.2) is 30.3 Å². The molecule has 0 radical (unpaired) electrons. The molecule has 1 unspecified atom stereocenters. The van der Waals surface area contributed by atoms with Gasteiger partial charge in [-0.15, -0.1) is 0 Å². The van der Waals surface area contributed by atoms with Crippen molar-refractivity contribution in [1.82, 2.24) is 5.32 Å². The van der Waals surface area contributed by atoms with Crippen molar-refractivity contribution >= 4 is 10.8 Å². The summed E-state index contributed by atoms with van der Waals surface area (Å²) in [6, 6.07) is 9.93. The van der Waals surface area contributed by atoms with Crippen LogP contribution in [0.2, 0.25) is 0 Å². The average Bonchev–Trinajstić information content (AvgIpc) is 2.46. The largest absolute Gasteiger partial charge is 0.310 e. The summed E-state index contributed by atoms with van der Waals surface area (Å²) in [5.74, 6) is -0.0838. The molecule has 0 saturated carbocycles. The van der Waals surface area contributed by atoms with Crippen molar-refractivity contribution in [1.29, 1.82) is 0 Å². The lowest BCUT2D eigenvalue weighted by Gasteiger charge is -2.28. The van der Waals surface area contributed by atoms with Crippen LogP contribution in [-0.4, -0.2) is 6.54 Å². The van der Waals surface area contributed by atoms with Crippen LogP contribution in [0.25, 0.3) is 10.8 Å². The third kappa shape index (κ3) is 2.25. The van der Waals surface area contributed by atoms with E-state index in [9.17, 15) is 4.39 Å². The van der Waals surface area contributed by atoms with Gasteiger partial charge in [-0.3, -0.25) is 0 Å². The van der Waals surface area contributed by atoms with Gasteiger partial charge in [0.2, 0.25) is 0 Å². The molecule has 1 aliphatic carbocycles. The second-order valence-corrected chi connectivity index (χ2v) is 5.37. The minimum atomic E-state index is -0.0838. The van der Waals surface area contributed by atoms with Gasteiger partial charge < -0.3 is 5.32 Å². The highest BCUT2D eigenvalue weighted by molar-refractivity contribution is 5.87. The highest BCUT2D eigenvalue weighted by atomic mass is 19.1. The Balaban J connectivity index is 2.12. The van der Waals surface area contributed by atoms with Gasteiger partial charge in [0.05, 0.1) is 0 Å². The molecule has 2 aromatic rings. The van der Waals surface area contributed by atoms with Crippen LogP contribution in [0.1, 0.15) is 43.4 Å². The monoisotopic (exact) mass is 257 g/mol. The number of rotatable bonds is 3. The van der Waals surface area contributed by atoms with E-state index in [1.54, 1.807) is 6.07 Å². The molecular weight excluding hydrogens is 237 g/mol. The zero-order chi connectivity index (χ0) is 13.2. The minimum Gasteiger partial charge on any atom is -0.310 e. The zero-order valence-corrected chi connectivity index (χ0v) is 11.4. The molecule has 0 aromatic heterocycles. The smallest absolute Gasteiger partial charge is 0.131 e. The van der Waals surface area contributed by atoms with Crippen molar-refractivity contribution in [2.75, 3.05) is 6.54 Å². The fraction of sp³-hybridized carbons (Fsp3) is 0.412. The summed E-state index contributed by atoms with van der Waals surface area (Å²) in [7, 11) is 0. The first kappa shape index (κ1) is 12.6. The fourth-order valence-corrected chi connectivity index (χ4v) is 3.17. The maximum atomic E-state index is 14.2. The summed E-state index contributed by atoms with van der Waals surface area (Å²) < 4.78 is 14.2. The van der Waals surface area contributed by atoms with E-state index in [0.717, 1.165) is 36.6 Å². The van der Waals surface area contributed by atoms with Gasteiger partial charge in [-0.05, 0) is 54.8 Å². The molecule has 0 fully saturated rings. The molecule has 2 aromatic carbocycles. The lowest BCUT2D eigenvalue weighted by molar-refractivity contribution is 0.459. The van der Waals surface area contributed by atoms with Crippen molar-refractivity contribution in [2.45, 2.75) is 38.6 Å². The second kappa shape index (κ2) is 5.30. The maximum Gasteiger partial charge on any atom is 0.131 e. The van der Waals surface area contributed by atoms with Gasteiger partial charge in [-0.1, -0.05) is 31.2 Å². The van der Waals surface area contributed by atoms with Crippen molar-refractivity contribution in [3.8, 4) is 0 Å². The Morgan fingerprint density at radius 1 is 1.26 bits per heavy atom. The summed E-state index contributed by atoms with van der Waals surface area (Å²) in [6.45, 7) is 3.16. The topological polar surface area (TPSA) is 12.0 Å². The molecule has 1 atom stereocenters. The summed E-state index contributed by atoms with van der Waals surface area (Å²) in [6.07, 6.45) is 4.48. The van der Waals surface area contributed by atoms with E-state index in [-0.39, 0.29) is 5.82 Å². The molecule has 0 heterocycles. The van der Waals surface area contributed by atoms with Crippen molar-refractivity contribution in [3.63, 3.8) is 0 Å². The van der Waals surface area contributed by atoms with Crippen LogP contribution in [0, 0.1) is 5.82 Å². The standard InChI is InChI=1S/C17H20FN/c1-2-10-19-17-9-5-8-13-12-6-3-4-7-14(12)16(18)11-15(13)17/h3-4,6-7,11,17,19H,2,5,8-10H2,1H3. The van der Waals surface area contributed by atoms with E-state index in [4.69, 9.17) is 0 Å². The molecule has 3 rings (SSSR count). The molecule has 0 spiro atoms. The Morgan fingerprint density at radius 2 is 2.05 bits per heavy atom. The summed E-state index contributed by atoms with van der Waals surface area (Å²) in [4.78, 5) is 0. The quantitative estimate of drug-likeness (QED) is 0.861. The number of hydrogen-bond donors (Lipinski definition) is 1. The van der Waals surface area contributed by atoms with E-state index in [0.29, 0.717) is 6.04 Å². The van der Waals surface area contributed by atoms with Gasteiger partial charge >= 0.3 is 0 Å². The number of halogens is 1. The van der Waals surface area contributed by atoms with Gasteiger partial charge in [0, 0.05) is 11.4 Å². The average molecular weight is 257 g/mol. The van der Waals surface area contributed by atoms with Crippen LogP contribution < -0.4 is 5.32 Å². The van der Waals surface area contributed by atoms with Gasteiger partial charge in [0.25, 0.3) is 0 Å². The zero-order valence-electron chi connectivity index (χ0n) is 11.4. The molecule has 1 N–H and O–H groups in total. The SMILES string of the molecule is CCCNC1CCCc2c1cc(F)c1ccccc21. The Bertz CT molecular complexity index is 591. The van der Waals surface area contributed by atoms with E-state index in [1.165, 1.54) is 17.5 Å². The third-order valence-electron chi connectivity index (χ3n) is 4.08. The Hall–Kier alpha value is -1.41. The molecule has 0 aliphatic heterocycles. The molecule has 19 heavy (non-hydrogen) atoms.